The van der Waals surface area contributed by atoms with Gasteiger partial charge in [-0.15, -0.1) is 0 Å². The number of hydrogen-bond donors (Lipinski definition) is 1. The van der Waals surface area contributed by atoms with E-state index in [4.69, 9.17) is 0 Å². The summed E-state index contributed by atoms with van der Waals surface area (Å²) in [6.45, 7) is 14.4. The van der Waals surface area contributed by atoms with E-state index in [1.165, 1.54) is 11.4 Å². The molecule has 0 radical (unpaired) electrons. The second-order valence-corrected chi connectivity index (χ2v) is 5.55. The number of rotatable bonds is 8. The summed E-state index contributed by atoms with van der Waals surface area (Å²) >= 11 is 0. The lowest BCUT2D eigenvalue weighted by Crippen LogP contribution is -2.16. The van der Waals surface area contributed by atoms with Crippen molar-refractivity contribution in [1.29, 1.82) is 0 Å². The molecule has 0 aliphatic heterocycles. The van der Waals surface area contributed by atoms with Crippen LogP contribution in [-0.2, 0) is 0 Å². The van der Waals surface area contributed by atoms with E-state index >= 15 is 0 Å². The van der Waals surface area contributed by atoms with Gasteiger partial charge in [0.15, 0.2) is 0 Å². The Morgan fingerprint density at radius 2 is 1.18 bits per heavy atom. The maximum atomic E-state index is 4.46. The van der Waals surface area contributed by atoms with Crippen molar-refractivity contribution >= 4 is 11.4 Å². The summed E-state index contributed by atoms with van der Waals surface area (Å²) in [4.78, 5) is 8.92. The Labute approximate surface area is 107 Å². The summed E-state index contributed by atoms with van der Waals surface area (Å²) in [6, 6.07) is 0. The predicted octanol–water partition coefficient (Wildman–Crippen LogP) is 3.51. The van der Waals surface area contributed by atoms with Crippen LogP contribution in [0.5, 0.6) is 0 Å². The molecule has 0 rings (SSSR count). The van der Waals surface area contributed by atoms with E-state index < -0.39 is 0 Å². The third-order valence-corrected chi connectivity index (χ3v) is 2.33. The molecule has 0 atom stereocenters. The monoisotopic (exact) mass is 239 g/mol. The number of aliphatic imine (C=N–C) groups is 2. The summed E-state index contributed by atoms with van der Waals surface area (Å²) < 4.78 is 0. The lowest BCUT2D eigenvalue weighted by Gasteiger charge is -2.05. The molecule has 0 aromatic rings. The first-order valence-corrected chi connectivity index (χ1v) is 6.62. The van der Waals surface area contributed by atoms with Gasteiger partial charge < -0.3 is 0 Å². The molecule has 100 valence electrons. The highest BCUT2D eigenvalue weighted by Crippen LogP contribution is 2.01. The van der Waals surface area contributed by atoms with Gasteiger partial charge in [-0.3, -0.25) is 15.3 Å². The van der Waals surface area contributed by atoms with Crippen molar-refractivity contribution in [2.75, 3.05) is 13.3 Å². The van der Waals surface area contributed by atoms with Crippen LogP contribution in [0, 0.1) is 11.8 Å². The molecule has 0 bridgehead atoms. The molecular formula is C14H29N3. The second kappa shape index (κ2) is 9.34. The first-order valence-electron chi connectivity index (χ1n) is 6.62. The average Bonchev–Trinajstić information content (AvgIpc) is 2.14. The number of nitrogens with zero attached hydrogens (tertiary/aromatic N) is 2. The zero-order valence-corrected chi connectivity index (χ0v) is 12.4. The van der Waals surface area contributed by atoms with E-state index in [2.05, 4.69) is 56.8 Å². The lowest BCUT2D eigenvalue weighted by molar-refractivity contribution is 0.666. The third kappa shape index (κ3) is 11.6. The molecule has 0 heterocycles. The van der Waals surface area contributed by atoms with E-state index in [0.29, 0.717) is 25.2 Å². The Balaban J connectivity index is 3.70. The molecule has 0 amide bonds. The SMILES string of the molecule is CC(CC(C)C)=NCNCN=C(C)CC(C)C. The van der Waals surface area contributed by atoms with Gasteiger partial charge in [0.2, 0.25) is 0 Å². The predicted molar refractivity (Wildman–Crippen MR) is 78.0 cm³/mol. The summed E-state index contributed by atoms with van der Waals surface area (Å²) in [5.41, 5.74) is 2.44. The normalized spacial score (nSPS) is 13.9. The Morgan fingerprint density at radius 3 is 1.47 bits per heavy atom. The van der Waals surface area contributed by atoms with Gasteiger partial charge in [0.25, 0.3) is 0 Å². The smallest absolute Gasteiger partial charge is 0.0897 e. The van der Waals surface area contributed by atoms with Crippen LogP contribution < -0.4 is 5.32 Å². The summed E-state index contributed by atoms with van der Waals surface area (Å²) in [6.07, 6.45) is 2.16. The highest BCUT2D eigenvalue weighted by Gasteiger charge is 1.97. The van der Waals surface area contributed by atoms with E-state index in [1.807, 2.05) is 0 Å². The van der Waals surface area contributed by atoms with Crippen molar-refractivity contribution in [2.45, 2.75) is 54.4 Å². The first-order chi connectivity index (χ1) is 7.91. The van der Waals surface area contributed by atoms with Gasteiger partial charge in [0.1, 0.15) is 0 Å². The van der Waals surface area contributed by atoms with Crippen molar-refractivity contribution in [3.8, 4) is 0 Å². The van der Waals surface area contributed by atoms with Gasteiger partial charge in [-0.1, -0.05) is 27.7 Å². The Morgan fingerprint density at radius 1 is 0.824 bits per heavy atom. The fraction of sp³-hybridized carbons (Fsp3) is 0.857. The van der Waals surface area contributed by atoms with Crippen LogP contribution in [-0.4, -0.2) is 24.8 Å². The van der Waals surface area contributed by atoms with Gasteiger partial charge >= 0.3 is 0 Å². The topological polar surface area (TPSA) is 36.8 Å². The van der Waals surface area contributed by atoms with Gasteiger partial charge in [0.05, 0.1) is 13.3 Å². The minimum atomic E-state index is 0.678. The quantitative estimate of drug-likeness (QED) is 0.511. The third-order valence-electron chi connectivity index (χ3n) is 2.33. The standard InChI is InChI=1S/C14H29N3/c1-11(2)7-13(5)16-9-15-10-17-14(6)8-12(3)4/h11-12,15H,7-10H2,1-6H3. The Kier molecular flexibility index (Phi) is 8.96. The molecule has 0 spiro atoms. The Bertz CT molecular complexity index is 226. The van der Waals surface area contributed by atoms with Gasteiger partial charge in [-0.05, 0) is 38.5 Å². The summed E-state index contributed by atoms with van der Waals surface area (Å²) in [5, 5.41) is 3.22. The zero-order chi connectivity index (χ0) is 13.3. The molecule has 0 saturated heterocycles. The number of hydrogen-bond acceptors (Lipinski definition) is 3. The molecular weight excluding hydrogens is 210 g/mol. The van der Waals surface area contributed by atoms with Crippen LogP contribution in [0.15, 0.2) is 9.98 Å². The fourth-order valence-electron chi connectivity index (χ4n) is 1.74. The molecule has 0 fully saturated rings. The molecule has 0 aliphatic rings. The molecule has 1 N–H and O–H groups in total. The molecule has 3 heteroatoms. The molecule has 0 aromatic carbocycles. The molecule has 3 nitrogen and oxygen atoms in total. The molecule has 17 heavy (non-hydrogen) atoms. The Hall–Kier alpha value is -0.700. The van der Waals surface area contributed by atoms with Crippen LogP contribution in [0.3, 0.4) is 0 Å². The van der Waals surface area contributed by atoms with E-state index in [9.17, 15) is 0 Å². The molecule has 0 aliphatic carbocycles. The largest absolute Gasteiger partial charge is 0.279 e. The van der Waals surface area contributed by atoms with Crippen molar-refractivity contribution < 1.29 is 0 Å². The van der Waals surface area contributed by atoms with Crippen LogP contribution >= 0.6 is 0 Å². The minimum absolute atomic E-state index is 0.678. The van der Waals surface area contributed by atoms with Crippen LogP contribution in [0.1, 0.15) is 54.4 Å². The maximum absolute atomic E-state index is 4.46. The van der Waals surface area contributed by atoms with Crippen molar-refractivity contribution in [3.05, 3.63) is 0 Å². The van der Waals surface area contributed by atoms with Crippen molar-refractivity contribution in [2.24, 2.45) is 21.8 Å². The maximum Gasteiger partial charge on any atom is 0.0897 e. The molecule has 0 unspecified atom stereocenters. The van der Waals surface area contributed by atoms with Crippen LogP contribution in [0.25, 0.3) is 0 Å². The number of nitrogens with one attached hydrogen (secondary N) is 1. The highest BCUT2D eigenvalue weighted by atomic mass is 15.1. The highest BCUT2D eigenvalue weighted by molar-refractivity contribution is 5.82. The first kappa shape index (κ1) is 16.3. The molecule has 0 aromatic heterocycles. The van der Waals surface area contributed by atoms with Gasteiger partial charge in [-0.2, -0.15) is 0 Å². The van der Waals surface area contributed by atoms with E-state index in [0.717, 1.165) is 12.8 Å². The van der Waals surface area contributed by atoms with Gasteiger partial charge in [-0.25, -0.2) is 0 Å². The van der Waals surface area contributed by atoms with E-state index in [-0.39, 0.29) is 0 Å². The summed E-state index contributed by atoms with van der Waals surface area (Å²) in [5.74, 6) is 1.37. The van der Waals surface area contributed by atoms with E-state index in [1.54, 1.807) is 0 Å². The fourth-order valence-corrected chi connectivity index (χ4v) is 1.74. The lowest BCUT2D eigenvalue weighted by atomic mass is 10.1. The van der Waals surface area contributed by atoms with Crippen molar-refractivity contribution in [3.63, 3.8) is 0 Å². The van der Waals surface area contributed by atoms with Crippen molar-refractivity contribution in [1.82, 2.24) is 5.32 Å². The average molecular weight is 239 g/mol. The van der Waals surface area contributed by atoms with Gasteiger partial charge in [0, 0.05) is 11.4 Å². The minimum Gasteiger partial charge on any atom is -0.279 e. The van der Waals surface area contributed by atoms with Crippen LogP contribution in [0.4, 0.5) is 0 Å². The van der Waals surface area contributed by atoms with Crippen LogP contribution in [0.2, 0.25) is 0 Å². The summed E-state index contributed by atoms with van der Waals surface area (Å²) in [7, 11) is 0. The second-order valence-electron chi connectivity index (χ2n) is 5.55. The zero-order valence-electron chi connectivity index (χ0n) is 12.4. The molecule has 0 saturated carbocycles.